The third kappa shape index (κ3) is 3.82. The molecule has 1 amide bonds. The van der Waals surface area contributed by atoms with Gasteiger partial charge in [0, 0.05) is 37.3 Å². The van der Waals surface area contributed by atoms with Crippen molar-refractivity contribution in [3.63, 3.8) is 0 Å². The van der Waals surface area contributed by atoms with Crippen molar-refractivity contribution in [3.8, 4) is 0 Å². The Hall–Kier alpha value is -2.77. The van der Waals surface area contributed by atoms with E-state index in [-0.39, 0.29) is 12.3 Å². The molecule has 1 saturated heterocycles. The first-order chi connectivity index (χ1) is 14.4. The zero-order valence-corrected chi connectivity index (χ0v) is 18.0. The van der Waals surface area contributed by atoms with Crippen LogP contribution in [0.3, 0.4) is 0 Å². The first kappa shape index (κ1) is 20.5. The molecule has 1 aliphatic heterocycles. The van der Waals surface area contributed by atoms with Crippen molar-refractivity contribution in [1.29, 1.82) is 0 Å². The fraction of sp³-hybridized carbons (Fsp3) is 0.304. The molecular formula is C23H25N3O3S. The van der Waals surface area contributed by atoms with Gasteiger partial charge in [-0.05, 0) is 43.2 Å². The van der Waals surface area contributed by atoms with Gasteiger partial charge < -0.3 is 4.90 Å². The third-order valence-electron chi connectivity index (χ3n) is 5.79. The number of hydrogen-bond acceptors (Lipinski definition) is 4. The van der Waals surface area contributed by atoms with Crippen molar-refractivity contribution in [3.05, 3.63) is 71.4 Å². The van der Waals surface area contributed by atoms with Crippen LogP contribution in [0.2, 0.25) is 0 Å². The molecule has 0 N–H and O–H groups in total. The highest BCUT2D eigenvalue weighted by Gasteiger charge is 2.30. The van der Waals surface area contributed by atoms with Crippen LogP contribution in [-0.2, 0) is 21.2 Å². The SMILES string of the molecule is Cc1nc2ccccc2c(C)c1CC(=O)N1CCN(S(=O)(=O)c2ccccc2)CC1. The Balaban J connectivity index is 1.46. The van der Waals surface area contributed by atoms with Gasteiger partial charge in [-0.3, -0.25) is 9.78 Å². The van der Waals surface area contributed by atoms with Gasteiger partial charge in [0.05, 0.1) is 16.8 Å². The summed E-state index contributed by atoms with van der Waals surface area (Å²) in [5.41, 5.74) is 3.84. The highest BCUT2D eigenvalue weighted by Crippen LogP contribution is 2.24. The molecule has 0 unspecified atom stereocenters. The molecule has 1 aromatic heterocycles. The number of aryl methyl sites for hydroxylation is 2. The number of pyridine rings is 1. The van der Waals surface area contributed by atoms with Crippen LogP contribution in [-0.4, -0.2) is 54.7 Å². The second-order valence-corrected chi connectivity index (χ2v) is 9.53. The number of sulfonamides is 1. The molecule has 3 aromatic rings. The number of carbonyl (C=O) groups is 1. The lowest BCUT2D eigenvalue weighted by molar-refractivity contribution is -0.131. The summed E-state index contributed by atoms with van der Waals surface area (Å²) in [6.45, 7) is 5.36. The minimum Gasteiger partial charge on any atom is -0.340 e. The zero-order valence-electron chi connectivity index (χ0n) is 17.2. The van der Waals surface area contributed by atoms with Crippen LogP contribution in [0.15, 0.2) is 59.5 Å². The van der Waals surface area contributed by atoms with Crippen LogP contribution in [0.4, 0.5) is 0 Å². The van der Waals surface area contributed by atoms with E-state index in [1.807, 2.05) is 38.1 Å². The number of benzene rings is 2. The number of para-hydroxylation sites is 1. The summed E-state index contributed by atoms with van der Waals surface area (Å²) in [5.74, 6) is 0.00930. The first-order valence-corrected chi connectivity index (χ1v) is 11.5. The monoisotopic (exact) mass is 423 g/mol. The van der Waals surface area contributed by atoms with Gasteiger partial charge in [-0.15, -0.1) is 0 Å². The summed E-state index contributed by atoms with van der Waals surface area (Å²) in [5, 5.41) is 1.06. The van der Waals surface area contributed by atoms with Crippen molar-refractivity contribution >= 4 is 26.8 Å². The molecule has 0 bridgehead atoms. The molecule has 30 heavy (non-hydrogen) atoms. The highest BCUT2D eigenvalue weighted by molar-refractivity contribution is 7.89. The lowest BCUT2D eigenvalue weighted by atomic mass is 9.99. The molecule has 1 fully saturated rings. The summed E-state index contributed by atoms with van der Waals surface area (Å²) in [6, 6.07) is 16.4. The molecular weight excluding hydrogens is 398 g/mol. The Morgan fingerprint density at radius 1 is 0.933 bits per heavy atom. The minimum absolute atomic E-state index is 0.00930. The van der Waals surface area contributed by atoms with Crippen LogP contribution in [0.5, 0.6) is 0 Å². The van der Waals surface area contributed by atoms with Crippen molar-refractivity contribution in [1.82, 2.24) is 14.2 Å². The fourth-order valence-electron chi connectivity index (χ4n) is 4.01. The largest absolute Gasteiger partial charge is 0.340 e. The third-order valence-corrected chi connectivity index (χ3v) is 7.70. The van der Waals surface area contributed by atoms with E-state index in [0.717, 1.165) is 27.7 Å². The van der Waals surface area contributed by atoms with E-state index in [0.29, 0.717) is 31.1 Å². The van der Waals surface area contributed by atoms with Gasteiger partial charge in [-0.1, -0.05) is 36.4 Å². The number of rotatable bonds is 4. The van der Waals surface area contributed by atoms with E-state index in [4.69, 9.17) is 0 Å². The van der Waals surface area contributed by atoms with Gasteiger partial charge in [0.25, 0.3) is 0 Å². The van der Waals surface area contributed by atoms with Crippen molar-refractivity contribution in [2.45, 2.75) is 25.2 Å². The lowest BCUT2D eigenvalue weighted by Crippen LogP contribution is -2.50. The van der Waals surface area contributed by atoms with E-state index >= 15 is 0 Å². The van der Waals surface area contributed by atoms with E-state index in [2.05, 4.69) is 4.98 Å². The Morgan fingerprint density at radius 3 is 2.27 bits per heavy atom. The topological polar surface area (TPSA) is 70.6 Å². The Morgan fingerprint density at radius 2 is 1.57 bits per heavy atom. The zero-order chi connectivity index (χ0) is 21.3. The Kier molecular flexibility index (Phi) is 5.58. The molecule has 0 atom stereocenters. The van der Waals surface area contributed by atoms with Crippen molar-refractivity contribution in [2.24, 2.45) is 0 Å². The van der Waals surface area contributed by atoms with E-state index in [1.54, 1.807) is 35.2 Å². The standard InChI is InChI=1S/C23H25N3O3S/c1-17-20-10-6-7-11-22(20)24-18(2)21(17)16-23(27)25-12-14-26(15-13-25)30(28,29)19-8-4-3-5-9-19/h3-11H,12-16H2,1-2H3. The van der Waals surface area contributed by atoms with Crippen LogP contribution >= 0.6 is 0 Å². The number of carbonyl (C=O) groups excluding carboxylic acids is 1. The number of nitrogens with zero attached hydrogens (tertiary/aromatic N) is 3. The van der Waals surface area contributed by atoms with Crippen molar-refractivity contribution in [2.75, 3.05) is 26.2 Å². The normalized spacial score (nSPS) is 15.5. The molecule has 0 aliphatic carbocycles. The maximum atomic E-state index is 13.0. The summed E-state index contributed by atoms with van der Waals surface area (Å²) in [7, 11) is -3.52. The van der Waals surface area contributed by atoms with Crippen LogP contribution in [0.25, 0.3) is 10.9 Å². The van der Waals surface area contributed by atoms with Crippen LogP contribution in [0.1, 0.15) is 16.8 Å². The van der Waals surface area contributed by atoms with Gasteiger partial charge in [-0.25, -0.2) is 8.42 Å². The average molecular weight is 424 g/mol. The molecule has 0 radical (unpaired) electrons. The van der Waals surface area contributed by atoms with Gasteiger partial charge in [0.1, 0.15) is 0 Å². The lowest BCUT2D eigenvalue weighted by Gasteiger charge is -2.34. The second-order valence-electron chi connectivity index (χ2n) is 7.59. The molecule has 0 spiro atoms. The van der Waals surface area contributed by atoms with Crippen LogP contribution < -0.4 is 0 Å². The predicted octanol–water partition coefficient (Wildman–Crippen LogP) is 2.93. The summed E-state index contributed by atoms with van der Waals surface area (Å²) < 4.78 is 27.0. The molecule has 7 heteroatoms. The fourth-order valence-corrected chi connectivity index (χ4v) is 5.46. The van der Waals surface area contributed by atoms with E-state index < -0.39 is 10.0 Å². The maximum absolute atomic E-state index is 13.0. The quantitative estimate of drug-likeness (QED) is 0.647. The van der Waals surface area contributed by atoms with E-state index in [9.17, 15) is 13.2 Å². The molecule has 2 aromatic carbocycles. The molecule has 6 nitrogen and oxygen atoms in total. The van der Waals surface area contributed by atoms with Crippen molar-refractivity contribution < 1.29 is 13.2 Å². The first-order valence-electron chi connectivity index (χ1n) is 10.1. The van der Waals surface area contributed by atoms with Gasteiger partial charge in [0.15, 0.2) is 0 Å². The van der Waals surface area contributed by atoms with Gasteiger partial charge >= 0.3 is 0 Å². The smallest absolute Gasteiger partial charge is 0.243 e. The molecule has 1 aliphatic rings. The second kappa shape index (κ2) is 8.16. The summed E-state index contributed by atoms with van der Waals surface area (Å²) >= 11 is 0. The Bertz CT molecular complexity index is 1190. The highest BCUT2D eigenvalue weighted by atomic mass is 32.2. The van der Waals surface area contributed by atoms with Crippen LogP contribution in [0, 0.1) is 13.8 Å². The average Bonchev–Trinajstić information content (AvgIpc) is 2.77. The molecule has 4 rings (SSSR count). The molecule has 0 saturated carbocycles. The maximum Gasteiger partial charge on any atom is 0.243 e. The number of aromatic nitrogens is 1. The number of fused-ring (bicyclic) bond motifs is 1. The molecule has 2 heterocycles. The van der Waals surface area contributed by atoms with E-state index in [1.165, 1.54) is 4.31 Å². The minimum atomic E-state index is -3.52. The predicted molar refractivity (Wildman–Crippen MR) is 117 cm³/mol. The van der Waals surface area contributed by atoms with Gasteiger partial charge in [-0.2, -0.15) is 4.31 Å². The molecule has 156 valence electrons. The number of hydrogen-bond donors (Lipinski definition) is 0. The van der Waals surface area contributed by atoms with Gasteiger partial charge in [0.2, 0.25) is 15.9 Å². The number of amides is 1. The number of piperazine rings is 1. The summed E-state index contributed by atoms with van der Waals surface area (Å²) in [4.78, 5) is 19.7. The summed E-state index contributed by atoms with van der Waals surface area (Å²) in [6.07, 6.45) is 0.279. The Labute approximate surface area is 177 Å².